The van der Waals surface area contributed by atoms with Crippen LogP contribution in [0.2, 0.25) is 0 Å². The number of amides is 1. The lowest BCUT2D eigenvalue weighted by Gasteiger charge is -2.31. The van der Waals surface area contributed by atoms with Crippen LogP contribution in [0.15, 0.2) is 52.9 Å². The van der Waals surface area contributed by atoms with E-state index in [0.717, 1.165) is 40.9 Å². The summed E-state index contributed by atoms with van der Waals surface area (Å²) in [5, 5.41) is 12.2. The van der Waals surface area contributed by atoms with Crippen LogP contribution < -0.4 is 15.0 Å². The third-order valence-electron chi connectivity index (χ3n) is 4.84. The number of nitrogens with zero attached hydrogens (tertiary/aromatic N) is 3. The number of carbonyl (C=O) groups excluding carboxylic acids is 1. The van der Waals surface area contributed by atoms with Crippen molar-refractivity contribution in [2.24, 2.45) is 0 Å². The Hall–Kier alpha value is -2.58. The molecule has 1 N–H and O–H groups in total. The number of aromatic nitrogens is 2. The lowest BCUT2D eigenvalue weighted by molar-refractivity contribution is -0.117. The van der Waals surface area contributed by atoms with Crippen LogP contribution in [0.1, 0.15) is 25.8 Å². The van der Waals surface area contributed by atoms with Gasteiger partial charge in [-0.25, -0.2) is 0 Å². The summed E-state index contributed by atoms with van der Waals surface area (Å²) >= 11 is 2.88. The standard InChI is InChI=1S/C22H24N4O2S2/c1-3-28-19-13-7-5-11-17(19)23-21-24-25-22(30-21)29-15(2)20(27)26-14-8-10-16-9-4-6-12-18(16)26/h4-7,9,11-13,15H,3,8,10,14H2,1-2H3,(H,23,24). The second-order valence-electron chi connectivity index (χ2n) is 6.91. The van der Waals surface area contributed by atoms with Gasteiger partial charge in [-0.15, -0.1) is 10.2 Å². The fourth-order valence-corrected chi connectivity index (χ4v) is 5.43. The van der Waals surface area contributed by atoms with Crippen LogP contribution in [0, 0.1) is 0 Å². The van der Waals surface area contributed by atoms with E-state index in [1.165, 1.54) is 28.7 Å². The molecule has 2 heterocycles. The molecule has 1 atom stereocenters. The first-order chi connectivity index (χ1) is 14.7. The van der Waals surface area contributed by atoms with Gasteiger partial charge < -0.3 is 15.0 Å². The molecular formula is C22H24N4O2S2. The zero-order valence-corrected chi connectivity index (χ0v) is 18.6. The van der Waals surface area contributed by atoms with Crippen molar-refractivity contribution in [3.63, 3.8) is 0 Å². The van der Waals surface area contributed by atoms with Crippen LogP contribution in [0.5, 0.6) is 5.75 Å². The summed E-state index contributed by atoms with van der Waals surface area (Å²) in [4.78, 5) is 15.0. The highest BCUT2D eigenvalue weighted by Crippen LogP contribution is 2.35. The Morgan fingerprint density at radius 3 is 2.90 bits per heavy atom. The summed E-state index contributed by atoms with van der Waals surface area (Å²) in [7, 11) is 0. The quantitative estimate of drug-likeness (QED) is 0.513. The van der Waals surface area contributed by atoms with E-state index in [9.17, 15) is 4.79 Å². The van der Waals surface area contributed by atoms with Gasteiger partial charge in [-0.05, 0) is 50.5 Å². The smallest absolute Gasteiger partial charge is 0.240 e. The van der Waals surface area contributed by atoms with Crippen molar-refractivity contribution in [1.29, 1.82) is 0 Å². The van der Waals surface area contributed by atoms with Crippen LogP contribution in [0.4, 0.5) is 16.5 Å². The minimum atomic E-state index is -0.243. The van der Waals surface area contributed by atoms with E-state index in [1.807, 2.05) is 61.2 Å². The average molecular weight is 441 g/mol. The normalized spacial score (nSPS) is 14.1. The van der Waals surface area contributed by atoms with Crippen molar-refractivity contribution in [1.82, 2.24) is 10.2 Å². The largest absolute Gasteiger partial charge is 0.492 e. The van der Waals surface area contributed by atoms with Gasteiger partial charge in [-0.1, -0.05) is 53.4 Å². The van der Waals surface area contributed by atoms with E-state index in [-0.39, 0.29) is 11.2 Å². The molecule has 0 radical (unpaired) electrons. The first-order valence-electron chi connectivity index (χ1n) is 10.0. The monoisotopic (exact) mass is 440 g/mol. The number of rotatable bonds is 7. The molecule has 4 rings (SSSR count). The fraction of sp³-hybridized carbons (Fsp3) is 0.318. The maximum absolute atomic E-state index is 13.1. The van der Waals surface area contributed by atoms with Crippen LogP contribution >= 0.6 is 23.1 Å². The van der Waals surface area contributed by atoms with Gasteiger partial charge in [0.05, 0.1) is 17.5 Å². The topological polar surface area (TPSA) is 67.3 Å². The summed E-state index contributed by atoms with van der Waals surface area (Å²) in [6.07, 6.45) is 2.02. The number of nitrogens with one attached hydrogen (secondary N) is 1. The molecule has 2 aromatic carbocycles. The summed E-state index contributed by atoms with van der Waals surface area (Å²) in [5.41, 5.74) is 3.12. The third kappa shape index (κ3) is 4.60. The van der Waals surface area contributed by atoms with Gasteiger partial charge in [-0.2, -0.15) is 0 Å². The maximum Gasteiger partial charge on any atom is 0.240 e. The Bertz CT molecular complexity index is 1020. The number of aryl methyl sites for hydroxylation is 1. The van der Waals surface area contributed by atoms with Gasteiger partial charge >= 0.3 is 0 Å². The molecule has 0 saturated carbocycles. The Balaban J connectivity index is 1.42. The van der Waals surface area contributed by atoms with E-state index < -0.39 is 0 Å². The maximum atomic E-state index is 13.1. The molecule has 6 nitrogen and oxygen atoms in total. The number of benzene rings is 2. The zero-order valence-electron chi connectivity index (χ0n) is 17.0. The first kappa shape index (κ1) is 20.7. The molecule has 1 aliphatic rings. The Labute approximate surface area is 184 Å². The number of hydrogen-bond acceptors (Lipinski definition) is 7. The van der Waals surface area contributed by atoms with Crippen molar-refractivity contribution >= 4 is 45.5 Å². The predicted molar refractivity (Wildman–Crippen MR) is 123 cm³/mol. The summed E-state index contributed by atoms with van der Waals surface area (Å²) in [5.74, 6) is 0.885. The van der Waals surface area contributed by atoms with Crippen LogP contribution in [-0.2, 0) is 11.2 Å². The Morgan fingerprint density at radius 1 is 1.23 bits per heavy atom. The molecule has 1 aromatic heterocycles. The van der Waals surface area contributed by atoms with Crippen molar-refractivity contribution in [3.8, 4) is 5.75 Å². The molecule has 0 aliphatic carbocycles. The Kier molecular flexibility index (Phi) is 6.54. The van der Waals surface area contributed by atoms with Crippen molar-refractivity contribution in [2.45, 2.75) is 36.3 Å². The SMILES string of the molecule is CCOc1ccccc1Nc1nnc(SC(C)C(=O)N2CCCc3ccccc32)s1. The number of fused-ring (bicyclic) bond motifs is 1. The molecule has 0 fully saturated rings. The number of para-hydroxylation sites is 3. The number of carbonyl (C=O) groups is 1. The number of thioether (sulfide) groups is 1. The molecule has 156 valence electrons. The molecule has 0 saturated heterocycles. The lowest BCUT2D eigenvalue weighted by Crippen LogP contribution is -2.40. The molecular weight excluding hydrogens is 416 g/mol. The third-order valence-corrected chi connectivity index (χ3v) is 6.85. The fourth-order valence-electron chi connectivity index (χ4n) is 3.46. The zero-order chi connectivity index (χ0) is 20.9. The summed E-state index contributed by atoms with van der Waals surface area (Å²) < 4.78 is 6.41. The van der Waals surface area contributed by atoms with Gasteiger partial charge in [0.2, 0.25) is 11.0 Å². The van der Waals surface area contributed by atoms with Gasteiger partial charge in [0.1, 0.15) is 5.75 Å². The first-order valence-corrected chi connectivity index (χ1v) is 11.7. The molecule has 1 amide bonds. The Morgan fingerprint density at radius 2 is 2.03 bits per heavy atom. The van der Waals surface area contributed by atoms with Gasteiger partial charge in [0, 0.05) is 12.2 Å². The lowest BCUT2D eigenvalue weighted by atomic mass is 10.0. The molecule has 0 bridgehead atoms. The highest BCUT2D eigenvalue weighted by Gasteiger charge is 2.27. The van der Waals surface area contributed by atoms with Crippen LogP contribution in [0.25, 0.3) is 0 Å². The minimum absolute atomic E-state index is 0.110. The van der Waals surface area contributed by atoms with Crippen LogP contribution in [-0.4, -0.2) is 34.5 Å². The van der Waals surface area contributed by atoms with E-state index >= 15 is 0 Å². The molecule has 1 unspecified atom stereocenters. The highest BCUT2D eigenvalue weighted by atomic mass is 32.2. The van der Waals surface area contributed by atoms with Crippen LogP contribution in [0.3, 0.4) is 0 Å². The highest BCUT2D eigenvalue weighted by molar-refractivity contribution is 8.02. The molecule has 1 aliphatic heterocycles. The second kappa shape index (κ2) is 9.49. The van der Waals surface area contributed by atoms with Gasteiger partial charge in [-0.3, -0.25) is 4.79 Å². The molecule has 3 aromatic rings. The summed E-state index contributed by atoms with van der Waals surface area (Å²) in [6.45, 7) is 5.24. The summed E-state index contributed by atoms with van der Waals surface area (Å²) in [6, 6.07) is 15.9. The van der Waals surface area contributed by atoms with Gasteiger partial charge in [0.15, 0.2) is 4.34 Å². The van der Waals surface area contributed by atoms with E-state index in [0.29, 0.717) is 11.7 Å². The van der Waals surface area contributed by atoms with Crippen molar-refractivity contribution < 1.29 is 9.53 Å². The average Bonchev–Trinajstić information content (AvgIpc) is 3.21. The van der Waals surface area contributed by atoms with E-state index in [1.54, 1.807) is 0 Å². The van der Waals surface area contributed by atoms with E-state index in [2.05, 4.69) is 21.6 Å². The van der Waals surface area contributed by atoms with E-state index in [4.69, 9.17) is 4.74 Å². The molecule has 0 spiro atoms. The minimum Gasteiger partial charge on any atom is -0.492 e. The van der Waals surface area contributed by atoms with Crippen molar-refractivity contribution in [3.05, 3.63) is 54.1 Å². The molecule has 30 heavy (non-hydrogen) atoms. The van der Waals surface area contributed by atoms with Crippen molar-refractivity contribution in [2.75, 3.05) is 23.4 Å². The molecule has 8 heteroatoms. The number of anilines is 3. The van der Waals surface area contributed by atoms with Gasteiger partial charge in [0.25, 0.3) is 0 Å². The number of hydrogen-bond donors (Lipinski definition) is 1. The number of ether oxygens (including phenoxy) is 1. The predicted octanol–water partition coefficient (Wildman–Crippen LogP) is 5.14. The second-order valence-corrected chi connectivity index (χ2v) is 9.47.